The zero-order valence-corrected chi connectivity index (χ0v) is 27.3. The number of para-hydroxylation sites is 1. The number of nitrogens with zero attached hydrogens (tertiary/aromatic N) is 3. The number of amides is 1. The number of esters is 2. The zero-order valence-electron chi connectivity index (χ0n) is 27.3. The maximum absolute atomic E-state index is 13.7. The van der Waals surface area contributed by atoms with Crippen molar-refractivity contribution in [2.75, 3.05) is 37.1 Å². The van der Waals surface area contributed by atoms with Crippen molar-refractivity contribution in [1.82, 2.24) is 9.55 Å². The van der Waals surface area contributed by atoms with Gasteiger partial charge in [0.25, 0.3) is 5.91 Å². The molecule has 0 fully saturated rings. The fourth-order valence-corrected chi connectivity index (χ4v) is 5.23. The van der Waals surface area contributed by atoms with Crippen LogP contribution in [0.25, 0.3) is 11.0 Å². The summed E-state index contributed by atoms with van der Waals surface area (Å²) in [5, 5.41) is 11.4. The number of nitrogen functional groups attached to an aromatic ring is 1. The summed E-state index contributed by atoms with van der Waals surface area (Å²) < 4.78 is 18.0. The zero-order chi connectivity index (χ0) is 33.9. The summed E-state index contributed by atoms with van der Waals surface area (Å²) in [6.07, 6.45) is 2.76. The molecule has 47 heavy (non-hydrogen) atoms. The molecule has 0 unspecified atom stereocenters. The number of carbonyl (C=O) groups is 3. The smallest absolute Gasteiger partial charge is 0.339 e. The molecule has 0 aliphatic heterocycles. The molecule has 4 rings (SSSR count). The van der Waals surface area contributed by atoms with Crippen LogP contribution in [0.1, 0.15) is 71.6 Å². The number of hydrogen-bond acceptors (Lipinski definition) is 9. The Bertz CT molecular complexity index is 1740. The highest BCUT2D eigenvalue weighted by atomic mass is 16.5. The Balaban J connectivity index is 1.56. The van der Waals surface area contributed by atoms with Crippen LogP contribution in [0.4, 0.5) is 11.4 Å². The van der Waals surface area contributed by atoms with Crippen molar-refractivity contribution in [3.8, 4) is 5.75 Å². The van der Waals surface area contributed by atoms with Crippen LogP contribution < -0.4 is 20.7 Å². The molecule has 0 aliphatic carbocycles. The first-order chi connectivity index (χ1) is 22.7. The summed E-state index contributed by atoms with van der Waals surface area (Å²) in [5.74, 6) is -0.615. The number of fused-ring (bicyclic) bond motifs is 1. The quantitative estimate of drug-likeness (QED) is 0.0627. The number of imidazole rings is 1. The molecule has 12 heteroatoms. The van der Waals surface area contributed by atoms with Gasteiger partial charge in [0.1, 0.15) is 11.7 Å². The number of aryl methyl sites for hydroxylation is 1. The maximum Gasteiger partial charge on any atom is 0.339 e. The Morgan fingerprint density at radius 2 is 1.79 bits per heavy atom. The van der Waals surface area contributed by atoms with E-state index in [9.17, 15) is 14.4 Å². The molecule has 1 aromatic heterocycles. The number of unbranched alkanes of at least 4 members (excludes halogenated alkanes) is 2. The number of aromatic nitrogens is 2. The lowest BCUT2D eigenvalue weighted by Gasteiger charge is -2.22. The normalized spacial score (nSPS) is 10.8. The Morgan fingerprint density at radius 3 is 2.47 bits per heavy atom. The number of nitrogens with two attached hydrogens (primary N) is 1. The van der Waals surface area contributed by atoms with Gasteiger partial charge in [0.05, 0.1) is 61.1 Å². The van der Waals surface area contributed by atoms with E-state index in [1.54, 1.807) is 36.1 Å². The van der Waals surface area contributed by atoms with Crippen molar-refractivity contribution in [1.29, 1.82) is 5.41 Å². The average molecular weight is 643 g/mol. The van der Waals surface area contributed by atoms with Crippen LogP contribution in [0.5, 0.6) is 5.75 Å². The second kappa shape index (κ2) is 16.3. The lowest BCUT2D eigenvalue weighted by molar-refractivity contribution is -0.142. The molecule has 248 valence electrons. The first-order valence-corrected chi connectivity index (χ1v) is 15.6. The number of amidine groups is 1. The Kier molecular flexibility index (Phi) is 11.9. The minimum absolute atomic E-state index is 0.0616. The summed E-state index contributed by atoms with van der Waals surface area (Å²) in [4.78, 5) is 45.0. The fourth-order valence-electron chi connectivity index (χ4n) is 5.23. The van der Waals surface area contributed by atoms with E-state index in [1.807, 2.05) is 48.0 Å². The van der Waals surface area contributed by atoms with Crippen molar-refractivity contribution in [3.63, 3.8) is 0 Å². The maximum atomic E-state index is 13.7. The van der Waals surface area contributed by atoms with E-state index in [2.05, 4.69) is 12.2 Å². The standard InChI is InChI=1S/C35H42N6O6/c1-5-7-11-20-47-35(44)25-15-16-26(32(45-4)31(25)33(36)37)38-22-29-39-27-21-23(14-17-28(27)40(29)3)34(43)41(19-18-30(42)46-6-2)24-12-9-8-10-13-24/h8-10,12-17,21,38H,5-7,11,18-20,22H2,1-4H3,(H3,36,37). The van der Waals surface area contributed by atoms with E-state index in [0.717, 1.165) is 24.8 Å². The molecule has 1 amide bonds. The van der Waals surface area contributed by atoms with Crippen LogP contribution in [0.3, 0.4) is 0 Å². The van der Waals surface area contributed by atoms with Crippen LogP contribution in [0.15, 0.2) is 60.7 Å². The SMILES string of the molecule is CCCCCOC(=O)c1ccc(NCc2nc3cc(C(=O)N(CCC(=O)OCC)c4ccccc4)ccc3n2C)c(OC)c1C(=N)N. The van der Waals surface area contributed by atoms with Crippen molar-refractivity contribution >= 4 is 46.1 Å². The molecule has 4 N–H and O–H groups in total. The van der Waals surface area contributed by atoms with Gasteiger partial charge in [0, 0.05) is 24.8 Å². The predicted octanol–water partition coefficient (Wildman–Crippen LogP) is 5.43. The minimum Gasteiger partial charge on any atom is -0.494 e. The monoisotopic (exact) mass is 642 g/mol. The van der Waals surface area contributed by atoms with E-state index >= 15 is 0 Å². The number of hydrogen-bond donors (Lipinski definition) is 3. The third-order valence-electron chi connectivity index (χ3n) is 7.65. The van der Waals surface area contributed by atoms with Crippen molar-refractivity contribution in [3.05, 3.63) is 83.2 Å². The average Bonchev–Trinajstić information content (AvgIpc) is 3.39. The Labute approximate surface area is 274 Å². The van der Waals surface area contributed by atoms with Gasteiger partial charge in [-0.15, -0.1) is 0 Å². The van der Waals surface area contributed by atoms with Gasteiger partial charge in [-0.1, -0.05) is 38.0 Å². The molecule has 0 saturated carbocycles. The van der Waals surface area contributed by atoms with Gasteiger partial charge in [-0.3, -0.25) is 15.0 Å². The van der Waals surface area contributed by atoms with Crippen molar-refractivity contribution in [2.24, 2.45) is 12.8 Å². The van der Waals surface area contributed by atoms with E-state index in [-0.39, 0.29) is 67.3 Å². The van der Waals surface area contributed by atoms with Gasteiger partial charge >= 0.3 is 11.9 Å². The van der Waals surface area contributed by atoms with E-state index in [4.69, 9.17) is 30.3 Å². The number of carbonyl (C=O) groups excluding carboxylic acids is 3. The molecule has 0 radical (unpaired) electrons. The molecule has 4 aromatic rings. The second-order valence-electron chi connectivity index (χ2n) is 10.8. The highest BCUT2D eigenvalue weighted by Gasteiger charge is 2.24. The summed E-state index contributed by atoms with van der Waals surface area (Å²) >= 11 is 0. The third-order valence-corrected chi connectivity index (χ3v) is 7.65. The first kappa shape index (κ1) is 34.5. The number of ether oxygens (including phenoxy) is 3. The second-order valence-corrected chi connectivity index (χ2v) is 10.8. The van der Waals surface area contributed by atoms with E-state index in [1.165, 1.54) is 7.11 Å². The Morgan fingerprint density at radius 1 is 1.02 bits per heavy atom. The molecule has 0 spiro atoms. The molecule has 1 heterocycles. The van der Waals surface area contributed by atoms with Crippen LogP contribution >= 0.6 is 0 Å². The molecule has 3 aromatic carbocycles. The van der Waals surface area contributed by atoms with Crippen LogP contribution in [0, 0.1) is 5.41 Å². The summed E-state index contributed by atoms with van der Waals surface area (Å²) in [7, 11) is 3.32. The summed E-state index contributed by atoms with van der Waals surface area (Å²) in [6, 6.07) is 17.7. The number of methoxy groups -OCH3 is 1. The minimum atomic E-state index is -0.566. The van der Waals surface area contributed by atoms with E-state index in [0.29, 0.717) is 28.3 Å². The van der Waals surface area contributed by atoms with Gasteiger partial charge < -0.3 is 34.7 Å². The molecule has 0 saturated heterocycles. The largest absolute Gasteiger partial charge is 0.494 e. The fraction of sp³-hybridized carbons (Fsp3) is 0.343. The topological polar surface area (TPSA) is 162 Å². The van der Waals surface area contributed by atoms with Crippen molar-refractivity contribution in [2.45, 2.75) is 46.1 Å². The lowest BCUT2D eigenvalue weighted by atomic mass is 10.0. The number of anilines is 2. The summed E-state index contributed by atoms with van der Waals surface area (Å²) in [5.41, 5.74) is 9.24. The highest BCUT2D eigenvalue weighted by molar-refractivity contribution is 6.09. The molecule has 0 bridgehead atoms. The molecule has 0 atom stereocenters. The first-order valence-electron chi connectivity index (χ1n) is 15.6. The van der Waals surface area contributed by atoms with Gasteiger partial charge in [0.15, 0.2) is 5.75 Å². The van der Waals surface area contributed by atoms with Crippen LogP contribution in [-0.2, 0) is 27.9 Å². The lowest BCUT2D eigenvalue weighted by Crippen LogP contribution is -2.33. The summed E-state index contributed by atoms with van der Waals surface area (Å²) in [6.45, 7) is 4.79. The Hall–Kier alpha value is -5.39. The molecular weight excluding hydrogens is 600 g/mol. The molecule has 12 nitrogen and oxygen atoms in total. The highest BCUT2D eigenvalue weighted by Crippen LogP contribution is 2.33. The van der Waals surface area contributed by atoms with Crippen molar-refractivity contribution < 1.29 is 28.6 Å². The number of rotatable bonds is 16. The third kappa shape index (κ3) is 8.26. The van der Waals surface area contributed by atoms with Crippen LogP contribution in [0.2, 0.25) is 0 Å². The van der Waals surface area contributed by atoms with Crippen LogP contribution in [-0.4, -0.2) is 60.1 Å². The number of benzene rings is 3. The van der Waals surface area contributed by atoms with Gasteiger partial charge in [-0.2, -0.15) is 0 Å². The predicted molar refractivity (Wildman–Crippen MR) is 181 cm³/mol. The van der Waals surface area contributed by atoms with Gasteiger partial charge in [0.2, 0.25) is 0 Å². The van der Waals surface area contributed by atoms with Gasteiger partial charge in [-0.05, 0) is 55.8 Å². The number of nitrogens with one attached hydrogen (secondary N) is 2. The van der Waals surface area contributed by atoms with Gasteiger partial charge in [-0.25, -0.2) is 9.78 Å². The molecular formula is C35H42N6O6. The molecule has 0 aliphatic rings. The van der Waals surface area contributed by atoms with E-state index < -0.39 is 5.97 Å².